The summed E-state index contributed by atoms with van der Waals surface area (Å²) in [6.07, 6.45) is -0.626. The second-order valence-electron chi connectivity index (χ2n) is 6.21. The average molecular weight is 346 g/mol. The van der Waals surface area contributed by atoms with E-state index >= 15 is 0 Å². The second kappa shape index (κ2) is 7.71. The maximum Gasteiger partial charge on any atom is 0.261 e. The summed E-state index contributed by atoms with van der Waals surface area (Å²) in [6, 6.07) is 11.3. The molecule has 128 valence electrons. The maximum atomic E-state index is 12.4. The Morgan fingerprint density at radius 2 is 1.67 bits per heavy atom. The molecule has 0 radical (unpaired) electrons. The zero-order valence-electron chi connectivity index (χ0n) is 14.8. The molecule has 1 amide bonds. The summed E-state index contributed by atoms with van der Waals surface area (Å²) < 4.78 is 5.67. The Hall–Kier alpha value is -2.00. The van der Waals surface area contributed by atoms with Crippen molar-refractivity contribution >= 4 is 17.5 Å². The molecule has 2 rings (SSSR count). The van der Waals surface area contributed by atoms with Gasteiger partial charge in [0, 0.05) is 0 Å². The van der Waals surface area contributed by atoms with Crippen LogP contribution in [0.2, 0.25) is 5.02 Å². The SMILES string of the molecule is Cc1cc(C)c([C@@H](C)NC(=O)[C@H](C)Oc2ccccc2Cl)cc1C. The van der Waals surface area contributed by atoms with Gasteiger partial charge in [0.2, 0.25) is 0 Å². The predicted octanol–water partition coefficient (Wildman–Crippen LogP) is 4.91. The fraction of sp³-hybridized carbons (Fsp3) is 0.350. The van der Waals surface area contributed by atoms with Crippen LogP contribution in [0.1, 0.15) is 42.1 Å². The Morgan fingerprint density at radius 1 is 1.04 bits per heavy atom. The third kappa shape index (κ3) is 4.30. The lowest BCUT2D eigenvalue weighted by Gasteiger charge is -2.21. The molecule has 3 nitrogen and oxygen atoms in total. The van der Waals surface area contributed by atoms with Crippen LogP contribution in [0, 0.1) is 20.8 Å². The molecule has 2 atom stereocenters. The van der Waals surface area contributed by atoms with E-state index in [-0.39, 0.29) is 11.9 Å². The van der Waals surface area contributed by atoms with E-state index in [1.54, 1.807) is 19.1 Å². The maximum absolute atomic E-state index is 12.4. The normalized spacial score (nSPS) is 13.2. The van der Waals surface area contributed by atoms with Crippen LogP contribution in [0.25, 0.3) is 0 Å². The van der Waals surface area contributed by atoms with E-state index in [1.165, 1.54) is 16.7 Å². The highest BCUT2D eigenvalue weighted by Gasteiger charge is 2.19. The fourth-order valence-corrected chi connectivity index (χ4v) is 2.82. The van der Waals surface area contributed by atoms with Gasteiger partial charge < -0.3 is 10.1 Å². The minimum atomic E-state index is -0.626. The van der Waals surface area contributed by atoms with E-state index in [2.05, 4.69) is 38.2 Å². The summed E-state index contributed by atoms with van der Waals surface area (Å²) in [5.74, 6) is 0.344. The number of halogens is 1. The summed E-state index contributed by atoms with van der Waals surface area (Å²) in [5, 5.41) is 3.51. The molecule has 2 aromatic rings. The monoisotopic (exact) mass is 345 g/mol. The summed E-state index contributed by atoms with van der Waals surface area (Å²) in [6.45, 7) is 9.94. The largest absolute Gasteiger partial charge is 0.479 e. The van der Waals surface area contributed by atoms with Gasteiger partial charge in [-0.1, -0.05) is 35.9 Å². The zero-order chi connectivity index (χ0) is 17.9. The minimum absolute atomic E-state index is 0.0888. The zero-order valence-corrected chi connectivity index (χ0v) is 15.6. The summed E-state index contributed by atoms with van der Waals surface area (Å²) >= 11 is 6.07. The lowest BCUT2D eigenvalue weighted by molar-refractivity contribution is -0.127. The number of ether oxygens (including phenoxy) is 1. The molecule has 1 N–H and O–H groups in total. The van der Waals surface area contributed by atoms with E-state index in [0.29, 0.717) is 10.8 Å². The molecule has 0 aromatic heterocycles. The second-order valence-corrected chi connectivity index (χ2v) is 6.62. The van der Waals surface area contributed by atoms with E-state index in [9.17, 15) is 4.79 Å². The molecule has 0 spiro atoms. The van der Waals surface area contributed by atoms with Crippen molar-refractivity contribution in [1.82, 2.24) is 5.32 Å². The van der Waals surface area contributed by atoms with Gasteiger partial charge in [0.25, 0.3) is 5.91 Å². The Kier molecular flexibility index (Phi) is 5.89. The van der Waals surface area contributed by atoms with Gasteiger partial charge in [-0.25, -0.2) is 0 Å². The van der Waals surface area contributed by atoms with E-state index in [0.717, 1.165) is 5.56 Å². The van der Waals surface area contributed by atoms with E-state index < -0.39 is 6.10 Å². The first kappa shape index (κ1) is 18.3. The van der Waals surface area contributed by atoms with Gasteiger partial charge in [-0.3, -0.25) is 4.79 Å². The summed E-state index contributed by atoms with van der Waals surface area (Å²) in [7, 11) is 0. The van der Waals surface area contributed by atoms with Gasteiger partial charge in [-0.2, -0.15) is 0 Å². The van der Waals surface area contributed by atoms with Crippen LogP contribution in [0.4, 0.5) is 0 Å². The number of carbonyl (C=O) groups excluding carboxylic acids is 1. The molecule has 0 saturated carbocycles. The molecule has 24 heavy (non-hydrogen) atoms. The Labute approximate surface area is 149 Å². The average Bonchev–Trinajstić information content (AvgIpc) is 2.52. The van der Waals surface area contributed by atoms with Crippen molar-refractivity contribution in [2.24, 2.45) is 0 Å². The quantitative estimate of drug-likeness (QED) is 0.836. The van der Waals surface area contributed by atoms with Gasteiger partial charge in [0.05, 0.1) is 11.1 Å². The van der Waals surface area contributed by atoms with Crippen molar-refractivity contribution in [3.8, 4) is 5.75 Å². The van der Waals surface area contributed by atoms with Crippen molar-refractivity contribution in [2.75, 3.05) is 0 Å². The fourth-order valence-electron chi connectivity index (χ4n) is 2.64. The molecule has 0 aliphatic carbocycles. The summed E-state index contributed by atoms with van der Waals surface area (Å²) in [4.78, 5) is 12.4. The van der Waals surface area contributed by atoms with Gasteiger partial charge >= 0.3 is 0 Å². The Balaban J connectivity index is 2.06. The molecule has 0 unspecified atom stereocenters. The molecular weight excluding hydrogens is 322 g/mol. The van der Waals surface area contributed by atoms with Crippen LogP contribution in [0.5, 0.6) is 5.75 Å². The van der Waals surface area contributed by atoms with Crippen LogP contribution < -0.4 is 10.1 Å². The van der Waals surface area contributed by atoms with Gasteiger partial charge in [-0.15, -0.1) is 0 Å². The van der Waals surface area contributed by atoms with Crippen LogP contribution in [-0.4, -0.2) is 12.0 Å². The number of hydrogen-bond acceptors (Lipinski definition) is 2. The first-order valence-corrected chi connectivity index (χ1v) is 8.46. The standard InChI is InChI=1S/C20H24ClNO2/c1-12-10-14(3)17(11-13(12)2)15(4)22-20(23)16(5)24-19-9-7-6-8-18(19)21/h6-11,15-16H,1-5H3,(H,22,23)/t15-,16+/m1/s1. The van der Waals surface area contributed by atoms with Gasteiger partial charge in [0.15, 0.2) is 6.10 Å². The molecular formula is C20H24ClNO2. The number of benzene rings is 2. The number of nitrogens with one attached hydrogen (secondary N) is 1. The Morgan fingerprint density at radius 3 is 2.33 bits per heavy atom. The minimum Gasteiger partial charge on any atom is -0.479 e. The van der Waals surface area contributed by atoms with E-state index in [4.69, 9.17) is 16.3 Å². The Bertz CT molecular complexity index is 742. The molecule has 0 bridgehead atoms. The first-order chi connectivity index (χ1) is 11.3. The number of hydrogen-bond donors (Lipinski definition) is 1. The van der Waals surface area contributed by atoms with Crippen molar-refractivity contribution in [3.05, 3.63) is 63.7 Å². The topological polar surface area (TPSA) is 38.3 Å². The van der Waals surface area contributed by atoms with Gasteiger partial charge in [0.1, 0.15) is 5.75 Å². The number of aryl methyl sites for hydroxylation is 3. The third-order valence-electron chi connectivity index (χ3n) is 4.22. The summed E-state index contributed by atoms with van der Waals surface area (Å²) in [5.41, 5.74) is 4.77. The van der Waals surface area contributed by atoms with Crippen LogP contribution >= 0.6 is 11.6 Å². The van der Waals surface area contributed by atoms with Crippen molar-refractivity contribution < 1.29 is 9.53 Å². The highest BCUT2D eigenvalue weighted by Crippen LogP contribution is 2.25. The lowest BCUT2D eigenvalue weighted by Crippen LogP contribution is -2.38. The molecule has 0 saturated heterocycles. The van der Waals surface area contributed by atoms with E-state index in [1.807, 2.05) is 19.1 Å². The molecule has 2 aromatic carbocycles. The van der Waals surface area contributed by atoms with Crippen molar-refractivity contribution in [2.45, 2.75) is 46.8 Å². The molecule has 4 heteroatoms. The number of para-hydroxylation sites is 1. The number of carbonyl (C=O) groups is 1. The molecule has 0 fully saturated rings. The van der Waals surface area contributed by atoms with Crippen LogP contribution in [0.3, 0.4) is 0 Å². The molecule has 0 heterocycles. The molecule has 0 aliphatic rings. The van der Waals surface area contributed by atoms with Crippen molar-refractivity contribution in [1.29, 1.82) is 0 Å². The highest BCUT2D eigenvalue weighted by atomic mass is 35.5. The van der Waals surface area contributed by atoms with Crippen LogP contribution in [0.15, 0.2) is 36.4 Å². The van der Waals surface area contributed by atoms with Gasteiger partial charge in [-0.05, 0) is 69.0 Å². The highest BCUT2D eigenvalue weighted by molar-refractivity contribution is 6.32. The first-order valence-electron chi connectivity index (χ1n) is 8.09. The van der Waals surface area contributed by atoms with Crippen LogP contribution in [-0.2, 0) is 4.79 Å². The predicted molar refractivity (Wildman–Crippen MR) is 98.8 cm³/mol. The number of amides is 1. The smallest absolute Gasteiger partial charge is 0.261 e. The third-order valence-corrected chi connectivity index (χ3v) is 4.53. The number of rotatable bonds is 5. The van der Waals surface area contributed by atoms with Crippen molar-refractivity contribution in [3.63, 3.8) is 0 Å². The molecule has 0 aliphatic heterocycles. The lowest BCUT2D eigenvalue weighted by atomic mass is 9.96.